The molecule has 0 saturated carbocycles. The van der Waals surface area contributed by atoms with Crippen LogP contribution in [0, 0.1) is 5.41 Å². The molecule has 7 heteroatoms. The van der Waals surface area contributed by atoms with Crippen molar-refractivity contribution in [2.75, 3.05) is 32.7 Å². The third-order valence-electron chi connectivity index (χ3n) is 9.62. The molecule has 5 rings (SSSR count). The molecule has 0 aliphatic carbocycles. The zero-order valence-electron chi connectivity index (χ0n) is 26.3. The highest BCUT2D eigenvalue weighted by atomic mass is 35.5. The second kappa shape index (κ2) is 13.6. The van der Waals surface area contributed by atoms with Crippen molar-refractivity contribution in [3.63, 3.8) is 0 Å². The van der Waals surface area contributed by atoms with Crippen LogP contribution in [-0.4, -0.2) is 54.3 Å². The van der Waals surface area contributed by atoms with Gasteiger partial charge in [-0.15, -0.1) is 0 Å². The third kappa shape index (κ3) is 7.33. The van der Waals surface area contributed by atoms with Crippen LogP contribution in [0.15, 0.2) is 78.9 Å². The molecule has 44 heavy (non-hydrogen) atoms. The lowest BCUT2D eigenvalue weighted by Gasteiger charge is -2.45. The van der Waals surface area contributed by atoms with Crippen molar-refractivity contribution in [3.8, 4) is 0 Å². The molecule has 5 nitrogen and oxygen atoms in total. The molecule has 2 heterocycles. The van der Waals surface area contributed by atoms with Crippen molar-refractivity contribution < 1.29 is 9.59 Å². The van der Waals surface area contributed by atoms with Crippen LogP contribution in [0.3, 0.4) is 0 Å². The van der Waals surface area contributed by atoms with E-state index in [4.69, 9.17) is 23.2 Å². The average Bonchev–Trinajstić information content (AvgIpc) is 3.03. The number of likely N-dealkylation sites (tertiary alicyclic amines) is 2. The first-order valence-electron chi connectivity index (χ1n) is 15.9. The Kier molecular flexibility index (Phi) is 10.1. The molecule has 3 aromatic rings. The normalized spacial score (nSPS) is 20.7. The number of nitrogens with one attached hydrogen (secondary N) is 1. The van der Waals surface area contributed by atoms with Crippen molar-refractivity contribution in [1.29, 1.82) is 0 Å². The first-order valence-corrected chi connectivity index (χ1v) is 16.7. The van der Waals surface area contributed by atoms with Gasteiger partial charge in [0.2, 0.25) is 5.91 Å². The highest BCUT2D eigenvalue weighted by Gasteiger charge is 2.41. The predicted octanol–water partition coefficient (Wildman–Crippen LogP) is 8.10. The van der Waals surface area contributed by atoms with Crippen molar-refractivity contribution in [2.45, 2.75) is 70.3 Å². The van der Waals surface area contributed by atoms with E-state index in [0.29, 0.717) is 16.6 Å². The minimum absolute atomic E-state index is 0.0836. The number of carbonyl (C=O) groups excluding carboxylic acids is 2. The summed E-state index contributed by atoms with van der Waals surface area (Å²) >= 11 is 12.9. The number of hydrogen-bond donors (Lipinski definition) is 1. The summed E-state index contributed by atoms with van der Waals surface area (Å²) in [5.41, 5.74) is 2.07. The van der Waals surface area contributed by atoms with E-state index < -0.39 is 5.41 Å². The predicted molar refractivity (Wildman–Crippen MR) is 180 cm³/mol. The fraction of sp³-hybridized carbons (Fsp3) is 0.459. The monoisotopic (exact) mass is 633 g/mol. The quantitative estimate of drug-likeness (QED) is 0.273. The van der Waals surface area contributed by atoms with E-state index >= 15 is 0 Å². The molecule has 1 N–H and O–H groups in total. The lowest BCUT2D eigenvalue weighted by molar-refractivity contribution is -0.131. The van der Waals surface area contributed by atoms with Crippen LogP contribution in [0.1, 0.15) is 80.8 Å². The molecule has 1 atom stereocenters. The van der Waals surface area contributed by atoms with Gasteiger partial charge in [0.15, 0.2) is 0 Å². The maximum Gasteiger partial charge on any atom is 0.253 e. The molecule has 0 radical (unpaired) electrons. The number of benzene rings is 3. The molecule has 234 valence electrons. The number of amides is 2. The van der Waals surface area contributed by atoms with Crippen LogP contribution in [0.25, 0.3) is 0 Å². The molecule has 0 bridgehead atoms. The summed E-state index contributed by atoms with van der Waals surface area (Å²) in [6.45, 7) is 10.1. The first kappa shape index (κ1) is 32.5. The van der Waals surface area contributed by atoms with Crippen LogP contribution in [0.5, 0.6) is 0 Å². The van der Waals surface area contributed by atoms with Crippen LogP contribution < -0.4 is 5.32 Å². The zero-order chi connectivity index (χ0) is 31.4. The summed E-state index contributed by atoms with van der Waals surface area (Å²) in [4.78, 5) is 31.2. The van der Waals surface area contributed by atoms with E-state index in [1.807, 2.05) is 74.2 Å². The summed E-state index contributed by atoms with van der Waals surface area (Å²) in [6.07, 6.45) is 5.63. The molecule has 2 saturated heterocycles. The number of hydrogen-bond acceptors (Lipinski definition) is 3. The second-order valence-corrected chi connectivity index (χ2v) is 14.5. The van der Waals surface area contributed by atoms with Gasteiger partial charge in [-0.2, -0.15) is 0 Å². The zero-order valence-corrected chi connectivity index (χ0v) is 27.8. The smallest absolute Gasteiger partial charge is 0.253 e. The fourth-order valence-electron chi connectivity index (χ4n) is 6.93. The lowest BCUT2D eigenvalue weighted by Crippen LogP contribution is -2.55. The largest absolute Gasteiger partial charge is 0.346 e. The van der Waals surface area contributed by atoms with Gasteiger partial charge in [-0.1, -0.05) is 98.6 Å². The van der Waals surface area contributed by atoms with Gasteiger partial charge in [0.1, 0.15) is 0 Å². The second-order valence-electron chi connectivity index (χ2n) is 13.7. The maximum absolute atomic E-state index is 13.5. The average molecular weight is 635 g/mol. The Labute approximate surface area is 272 Å². The van der Waals surface area contributed by atoms with Crippen molar-refractivity contribution in [2.24, 2.45) is 5.41 Å². The molecular formula is C37H45Cl2N3O2. The maximum atomic E-state index is 13.5. The third-order valence-corrected chi connectivity index (χ3v) is 10.4. The Balaban J connectivity index is 1.29. The van der Waals surface area contributed by atoms with E-state index in [2.05, 4.69) is 40.5 Å². The number of piperidine rings is 2. The minimum atomic E-state index is -0.451. The van der Waals surface area contributed by atoms with Crippen molar-refractivity contribution in [3.05, 3.63) is 106 Å². The summed E-state index contributed by atoms with van der Waals surface area (Å²) < 4.78 is 0. The molecule has 0 aromatic heterocycles. The van der Waals surface area contributed by atoms with Gasteiger partial charge in [-0.25, -0.2) is 0 Å². The van der Waals surface area contributed by atoms with Crippen LogP contribution in [0.2, 0.25) is 10.0 Å². The Bertz CT molecular complexity index is 1430. The molecular weight excluding hydrogens is 589 g/mol. The topological polar surface area (TPSA) is 52.7 Å². The van der Waals surface area contributed by atoms with Gasteiger partial charge in [-0.05, 0) is 80.5 Å². The number of rotatable bonds is 8. The molecule has 2 aliphatic heterocycles. The summed E-state index contributed by atoms with van der Waals surface area (Å²) in [7, 11) is 0. The molecule has 3 aromatic carbocycles. The van der Waals surface area contributed by atoms with Crippen LogP contribution in [0.4, 0.5) is 0 Å². The summed E-state index contributed by atoms with van der Waals surface area (Å²) in [5, 5.41) is 4.56. The van der Waals surface area contributed by atoms with Gasteiger partial charge in [0.25, 0.3) is 5.91 Å². The van der Waals surface area contributed by atoms with Crippen LogP contribution >= 0.6 is 23.2 Å². The van der Waals surface area contributed by atoms with Gasteiger partial charge < -0.3 is 15.1 Å². The minimum Gasteiger partial charge on any atom is -0.346 e. The van der Waals surface area contributed by atoms with E-state index in [1.165, 1.54) is 5.56 Å². The Morgan fingerprint density at radius 1 is 0.818 bits per heavy atom. The SMILES string of the molecule is CC(C)(C)C(=O)NC1(c2ccccc2)CCN(CCCC2(c3ccc(Cl)c(Cl)c3)CCCN(C(=O)c3ccccc3)C2)CC1. The van der Waals surface area contributed by atoms with E-state index in [1.54, 1.807) is 0 Å². The van der Waals surface area contributed by atoms with Gasteiger partial charge >= 0.3 is 0 Å². The summed E-state index contributed by atoms with van der Waals surface area (Å²) in [5.74, 6) is 0.172. The van der Waals surface area contributed by atoms with Gasteiger partial charge in [0, 0.05) is 42.6 Å². The van der Waals surface area contributed by atoms with E-state index in [9.17, 15) is 9.59 Å². The highest BCUT2D eigenvalue weighted by molar-refractivity contribution is 6.42. The Morgan fingerprint density at radius 3 is 2.11 bits per heavy atom. The molecule has 1 unspecified atom stereocenters. The molecule has 2 fully saturated rings. The van der Waals surface area contributed by atoms with E-state index in [-0.39, 0.29) is 22.8 Å². The van der Waals surface area contributed by atoms with Crippen LogP contribution in [-0.2, 0) is 15.7 Å². The number of halogens is 2. The van der Waals surface area contributed by atoms with Gasteiger partial charge in [-0.3, -0.25) is 9.59 Å². The lowest BCUT2D eigenvalue weighted by atomic mass is 9.70. The molecule has 2 aliphatic rings. The number of carbonyl (C=O) groups is 2. The van der Waals surface area contributed by atoms with Crippen molar-refractivity contribution in [1.82, 2.24) is 15.1 Å². The molecule has 2 amide bonds. The highest BCUT2D eigenvalue weighted by Crippen LogP contribution is 2.41. The summed E-state index contributed by atoms with van der Waals surface area (Å²) in [6, 6.07) is 26.0. The van der Waals surface area contributed by atoms with E-state index in [0.717, 1.165) is 75.8 Å². The van der Waals surface area contributed by atoms with Gasteiger partial charge in [0.05, 0.1) is 15.6 Å². The molecule has 0 spiro atoms. The number of nitrogens with zero attached hydrogens (tertiary/aromatic N) is 2. The Morgan fingerprint density at radius 2 is 1.48 bits per heavy atom. The van der Waals surface area contributed by atoms with Crippen molar-refractivity contribution >= 4 is 35.0 Å². The standard InChI is InChI=1S/C37H45Cl2N3O2/c1-35(2,3)34(44)40-37(29-14-8-5-9-15-29)20-24-41(25-21-37)22-10-18-36(30-16-17-31(38)32(39)26-30)19-11-23-42(27-36)33(43)28-12-6-4-7-13-28/h4-9,12-17,26H,10-11,18-25,27H2,1-3H3,(H,40,44). The first-order chi connectivity index (χ1) is 21.0. The Hall–Kier alpha value is -2.86. The fourth-order valence-corrected chi connectivity index (χ4v) is 7.22.